The van der Waals surface area contributed by atoms with Crippen LogP contribution in [-0.2, 0) is 6.42 Å². The first-order chi connectivity index (χ1) is 9.22. The molecule has 1 N–H and O–H groups in total. The second-order valence-electron chi connectivity index (χ2n) is 4.26. The van der Waals surface area contributed by atoms with E-state index in [4.69, 9.17) is 0 Å². The van der Waals surface area contributed by atoms with Gasteiger partial charge in [0.15, 0.2) is 11.6 Å². The van der Waals surface area contributed by atoms with Crippen LogP contribution in [0.2, 0.25) is 0 Å². The van der Waals surface area contributed by atoms with Gasteiger partial charge in [-0.05, 0) is 31.0 Å². The quantitative estimate of drug-likeness (QED) is 0.885. The van der Waals surface area contributed by atoms with Crippen LogP contribution in [0.15, 0.2) is 24.4 Å². The molecule has 0 aliphatic heterocycles. The molecule has 1 aromatic heterocycles. The van der Waals surface area contributed by atoms with Gasteiger partial charge >= 0.3 is 0 Å². The van der Waals surface area contributed by atoms with Gasteiger partial charge in [-0.15, -0.1) is 0 Å². The van der Waals surface area contributed by atoms with E-state index < -0.39 is 11.6 Å². The van der Waals surface area contributed by atoms with Crippen LogP contribution in [-0.4, -0.2) is 15.3 Å². The first kappa shape index (κ1) is 14.0. The Hall–Kier alpha value is -1.40. The van der Waals surface area contributed by atoms with E-state index in [9.17, 15) is 8.78 Å². The Labute approximate surface area is 115 Å². The molecule has 102 valence electrons. The highest BCUT2D eigenvalue weighted by Crippen LogP contribution is 2.20. The molecule has 1 unspecified atom stereocenters. The van der Waals surface area contributed by atoms with Crippen molar-refractivity contribution in [1.82, 2.24) is 14.1 Å². The molecule has 19 heavy (non-hydrogen) atoms. The van der Waals surface area contributed by atoms with Gasteiger partial charge in [0.1, 0.15) is 0 Å². The zero-order valence-corrected chi connectivity index (χ0v) is 11.4. The third-order valence-electron chi connectivity index (χ3n) is 2.83. The first-order valence-electron chi connectivity index (χ1n) is 6.16. The highest BCUT2D eigenvalue weighted by molar-refractivity contribution is 6.99. The van der Waals surface area contributed by atoms with Crippen LogP contribution in [0, 0.1) is 11.6 Å². The number of aromatic nitrogens is 2. The Morgan fingerprint density at radius 1 is 1.37 bits per heavy atom. The number of halogens is 2. The predicted molar refractivity (Wildman–Crippen MR) is 71.0 cm³/mol. The Kier molecular flexibility index (Phi) is 4.93. The van der Waals surface area contributed by atoms with Crippen LogP contribution in [0.5, 0.6) is 0 Å². The first-order valence-corrected chi connectivity index (χ1v) is 6.89. The molecule has 0 spiro atoms. The molecular weight excluding hydrogens is 268 g/mol. The van der Waals surface area contributed by atoms with Crippen LogP contribution in [0.3, 0.4) is 0 Å². The van der Waals surface area contributed by atoms with Crippen molar-refractivity contribution in [2.45, 2.75) is 25.8 Å². The van der Waals surface area contributed by atoms with Crippen LogP contribution >= 0.6 is 11.7 Å². The van der Waals surface area contributed by atoms with Crippen molar-refractivity contribution in [2.75, 3.05) is 6.54 Å². The fourth-order valence-corrected chi connectivity index (χ4v) is 2.32. The van der Waals surface area contributed by atoms with E-state index in [1.807, 2.05) is 6.92 Å². The molecule has 1 heterocycles. The Morgan fingerprint density at radius 3 is 2.89 bits per heavy atom. The maximum Gasteiger partial charge on any atom is 0.162 e. The van der Waals surface area contributed by atoms with Crippen LogP contribution in [0.25, 0.3) is 0 Å². The number of rotatable bonds is 6. The van der Waals surface area contributed by atoms with Crippen molar-refractivity contribution >= 4 is 11.7 Å². The monoisotopic (exact) mass is 283 g/mol. The Bertz CT molecular complexity index is 517. The van der Waals surface area contributed by atoms with Gasteiger partial charge in [0, 0.05) is 0 Å². The number of benzene rings is 1. The highest BCUT2D eigenvalue weighted by Gasteiger charge is 2.17. The Balaban J connectivity index is 2.18. The summed E-state index contributed by atoms with van der Waals surface area (Å²) < 4.78 is 35.0. The molecule has 0 saturated heterocycles. The van der Waals surface area contributed by atoms with Crippen LogP contribution in [0.1, 0.15) is 30.6 Å². The van der Waals surface area contributed by atoms with E-state index in [0.717, 1.165) is 36.5 Å². The molecule has 0 amide bonds. The predicted octanol–water partition coefficient (Wildman–Crippen LogP) is 3.10. The van der Waals surface area contributed by atoms with E-state index in [2.05, 4.69) is 14.1 Å². The van der Waals surface area contributed by atoms with E-state index in [1.165, 1.54) is 6.07 Å². The molecule has 3 nitrogen and oxygen atoms in total. The third kappa shape index (κ3) is 3.54. The van der Waals surface area contributed by atoms with Crippen molar-refractivity contribution in [3.8, 4) is 0 Å². The molecule has 2 rings (SSSR count). The molecular formula is C13H15F2N3S. The summed E-state index contributed by atoms with van der Waals surface area (Å²) in [7, 11) is 0. The minimum Gasteiger partial charge on any atom is -0.308 e. The number of hydrogen-bond acceptors (Lipinski definition) is 4. The van der Waals surface area contributed by atoms with Crippen molar-refractivity contribution in [3.63, 3.8) is 0 Å². The molecule has 0 radical (unpaired) electrons. The molecule has 0 fully saturated rings. The fourth-order valence-electron chi connectivity index (χ4n) is 1.85. The normalized spacial score (nSPS) is 12.6. The fraction of sp³-hybridized carbons (Fsp3) is 0.385. The van der Waals surface area contributed by atoms with Gasteiger partial charge in [-0.2, -0.15) is 8.75 Å². The average Bonchev–Trinajstić information content (AvgIpc) is 2.93. The van der Waals surface area contributed by atoms with Crippen LogP contribution < -0.4 is 5.32 Å². The number of nitrogens with one attached hydrogen (secondary N) is 1. The van der Waals surface area contributed by atoms with E-state index in [0.29, 0.717) is 12.0 Å². The molecule has 2 aromatic rings. The minimum absolute atomic E-state index is 0.144. The second kappa shape index (κ2) is 6.68. The van der Waals surface area contributed by atoms with Gasteiger partial charge in [-0.25, -0.2) is 8.78 Å². The maximum absolute atomic E-state index is 13.7. The molecule has 0 saturated carbocycles. The van der Waals surface area contributed by atoms with Gasteiger partial charge in [0.05, 0.1) is 29.7 Å². The summed E-state index contributed by atoms with van der Waals surface area (Å²) in [6.45, 7) is 2.84. The van der Waals surface area contributed by atoms with Crippen molar-refractivity contribution in [2.24, 2.45) is 0 Å². The molecule has 1 aromatic carbocycles. The zero-order chi connectivity index (χ0) is 13.7. The summed E-state index contributed by atoms with van der Waals surface area (Å²) in [6, 6.07) is 4.09. The minimum atomic E-state index is -0.817. The van der Waals surface area contributed by atoms with Gasteiger partial charge in [-0.1, -0.05) is 19.1 Å². The van der Waals surface area contributed by atoms with E-state index in [-0.39, 0.29) is 6.04 Å². The summed E-state index contributed by atoms with van der Waals surface area (Å²) >= 11 is 1.11. The second-order valence-corrected chi connectivity index (χ2v) is 4.81. The van der Waals surface area contributed by atoms with Gasteiger partial charge in [0.25, 0.3) is 0 Å². The topological polar surface area (TPSA) is 37.8 Å². The maximum atomic E-state index is 13.7. The lowest BCUT2D eigenvalue weighted by Crippen LogP contribution is -2.24. The van der Waals surface area contributed by atoms with Crippen molar-refractivity contribution in [3.05, 3.63) is 47.3 Å². The summed E-state index contributed by atoms with van der Waals surface area (Å²) in [5.41, 5.74) is 1.11. The summed E-state index contributed by atoms with van der Waals surface area (Å²) in [6.07, 6.45) is 2.98. The standard InChI is InChI=1S/C13H15F2N3S/c1-2-6-16-11(12-8-17-19-18-12)7-9-4-3-5-10(14)13(9)15/h3-5,8,11,16H,2,6-7H2,1H3. The molecule has 0 bridgehead atoms. The molecule has 1 atom stereocenters. The lowest BCUT2D eigenvalue weighted by molar-refractivity contribution is 0.474. The van der Waals surface area contributed by atoms with Crippen LogP contribution in [0.4, 0.5) is 8.78 Å². The smallest absolute Gasteiger partial charge is 0.162 e. The lowest BCUT2D eigenvalue weighted by Gasteiger charge is -2.16. The van der Waals surface area contributed by atoms with Gasteiger partial charge in [-0.3, -0.25) is 0 Å². The number of hydrogen-bond donors (Lipinski definition) is 1. The van der Waals surface area contributed by atoms with Crippen molar-refractivity contribution in [1.29, 1.82) is 0 Å². The number of nitrogens with zero attached hydrogens (tertiary/aromatic N) is 2. The molecule has 6 heteroatoms. The SMILES string of the molecule is CCCNC(Cc1cccc(F)c1F)c1cnsn1. The third-order valence-corrected chi connectivity index (χ3v) is 3.32. The largest absolute Gasteiger partial charge is 0.308 e. The molecule has 0 aliphatic rings. The lowest BCUT2D eigenvalue weighted by atomic mass is 10.0. The van der Waals surface area contributed by atoms with Gasteiger partial charge in [0.2, 0.25) is 0 Å². The van der Waals surface area contributed by atoms with Crippen molar-refractivity contribution < 1.29 is 8.78 Å². The molecule has 0 aliphatic carbocycles. The summed E-state index contributed by atoms with van der Waals surface area (Å²) in [5.74, 6) is -1.60. The Morgan fingerprint density at radius 2 is 2.21 bits per heavy atom. The summed E-state index contributed by atoms with van der Waals surface area (Å²) in [4.78, 5) is 0. The van der Waals surface area contributed by atoms with Gasteiger partial charge < -0.3 is 5.32 Å². The van der Waals surface area contributed by atoms with E-state index in [1.54, 1.807) is 12.3 Å². The summed E-state index contributed by atoms with van der Waals surface area (Å²) in [5, 5.41) is 3.28. The highest BCUT2D eigenvalue weighted by atomic mass is 32.1. The average molecular weight is 283 g/mol. The zero-order valence-electron chi connectivity index (χ0n) is 10.6. The van der Waals surface area contributed by atoms with E-state index >= 15 is 0 Å².